The van der Waals surface area contributed by atoms with Crippen LogP contribution in [-0.4, -0.2) is 29.4 Å². The number of likely N-dealkylation sites (N-methyl/N-ethyl adjacent to an activating group) is 1. The van der Waals surface area contributed by atoms with E-state index in [0.717, 1.165) is 11.3 Å². The number of H-pyrrole nitrogens is 1. The quantitative estimate of drug-likeness (QED) is 0.830. The van der Waals surface area contributed by atoms with E-state index in [2.05, 4.69) is 11.6 Å². The first kappa shape index (κ1) is 14.2. The molecule has 1 aromatic rings. The van der Waals surface area contributed by atoms with E-state index < -0.39 is 0 Å². The van der Waals surface area contributed by atoms with Crippen molar-refractivity contribution in [2.45, 2.75) is 26.7 Å². The second-order valence-electron chi connectivity index (χ2n) is 4.96. The zero-order chi connectivity index (χ0) is 13.9. The van der Waals surface area contributed by atoms with Crippen LogP contribution in [0.4, 0.5) is 0 Å². The molecule has 1 heterocycles. The largest absolute Gasteiger partial charge is 0.338 e. The van der Waals surface area contributed by atoms with Crippen LogP contribution >= 0.6 is 0 Å². The molecule has 0 aliphatic carbocycles. The van der Waals surface area contributed by atoms with E-state index >= 15 is 0 Å². The predicted molar refractivity (Wildman–Crippen MR) is 72.9 cm³/mol. The third-order valence-corrected chi connectivity index (χ3v) is 2.59. The number of aromatic nitrogens is 1. The van der Waals surface area contributed by atoms with Crippen molar-refractivity contribution >= 4 is 5.91 Å². The van der Waals surface area contributed by atoms with Crippen LogP contribution < -0.4 is 5.56 Å². The summed E-state index contributed by atoms with van der Waals surface area (Å²) in [5, 5.41) is 0. The van der Waals surface area contributed by atoms with Gasteiger partial charge in [0.05, 0.1) is 0 Å². The normalized spacial score (nSPS) is 10.5. The summed E-state index contributed by atoms with van der Waals surface area (Å²) >= 11 is 0. The highest BCUT2D eigenvalue weighted by atomic mass is 16.2. The Kier molecular flexibility index (Phi) is 4.48. The van der Waals surface area contributed by atoms with Gasteiger partial charge in [0.2, 0.25) is 5.56 Å². The van der Waals surface area contributed by atoms with Gasteiger partial charge >= 0.3 is 0 Å². The Morgan fingerprint density at radius 2 is 2.06 bits per heavy atom. The van der Waals surface area contributed by atoms with E-state index in [0.29, 0.717) is 12.1 Å². The van der Waals surface area contributed by atoms with Gasteiger partial charge in [0.25, 0.3) is 5.91 Å². The second kappa shape index (κ2) is 5.67. The van der Waals surface area contributed by atoms with E-state index in [1.807, 2.05) is 20.8 Å². The molecule has 1 amide bonds. The van der Waals surface area contributed by atoms with Crippen LogP contribution in [0.25, 0.3) is 0 Å². The summed E-state index contributed by atoms with van der Waals surface area (Å²) in [7, 11) is 1.70. The average molecular weight is 248 g/mol. The summed E-state index contributed by atoms with van der Waals surface area (Å²) in [5.74, 6) is 0.0166. The molecule has 0 unspecified atom stereocenters. The van der Waals surface area contributed by atoms with Crippen LogP contribution in [0.15, 0.2) is 29.1 Å². The van der Waals surface area contributed by atoms with Crippen LogP contribution in [0.2, 0.25) is 0 Å². The van der Waals surface area contributed by atoms with Crippen LogP contribution in [0, 0.1) is 0 Å². The van der Waals surface area contributed by atoms with Crippen molar-refractivity contribution in [3.63, 3.8) is 0 Å². The van der Waals surface area contributed by atoms with Crippen molar-refractivity contribution in [2.24, 2.45) is 0 Å². The Labute approximate surface area is 107 Å². The number of amides is 1. The monoisotopic (exact) mass is 248 g/mol. The highest BCUT2D eigenvalue weighted by molar-refractivity contribution is 5.94. The Balaban J connectivity index is 3.06. The van der Waals surface area contributed by atoms with Gasteiger partial charge in [-0.3, -0.25) is 9.59 Å². The lowest BCUT2D eigenvalue weighted by Crippen LogP contribution is -2.29. The molecule has 0 fully saturated rings. The lowest BCUT2D eigenvalue weighted by Gasteiger charge is -2.17. The summed E-state index contributed by atoms with van der Waals surface area (Å²) in [6.45, 7) is 10.1. The zero-order valence-corrected chi connectivity index (χ0v) is 11.4. The van der Waals surface area contributed by atoms with E-state index in [1.165, 1.54) is 6.07 Å². The molecule has 0 aliphatic rings. The number of carbonyl (C=O) groups excluding carboxylic acids is 1. The Bertz CT molecular complexity index is 515. The number of pyridine rings is 1. The molecular weight excluding hydrogens is 228 g/mol. The fourth-order valence-electron chi connectivity index (χ4n) is 1.70. The number of rotatable bonds is 4. The topological polar surface area (TPSA) is 53.2 Å². The third-order valence-electron chi connectivity index (χ3n) is 2.59. The Hall–Kier alpha value is -1.84. The summed E-state index contributed by atoms with van der Waals surface area (Å²) in [6.07, 6.45) is 0. The molecule has 4 heteroatoms. The predicted octanol–water partition coefficient (Wildman–Crippen LogP) is 2.15. The molecule has 1 rings (SSSR count). The molecule has 0 saturated carbocycles. The van der Waals surface area contributed by atoms with Crippen molar-refractivity contribution in [1.29, 1.82) is 0 Å². The molecule has 0 atom stereocenters. The molecule has 98 valence electrons. The number of hydrogen-bond acceptors (Lipinski definition) is 2. The van der Waals surface area contributed by atoms with Crippen molar-refractivity contribution in [3.8, 4) is 0 Å². The molecule has 0 saturated heterocycles. The number of aromatic amines is 1. The maximum atomic E-state index is 12.1. The number of hydrogen-bond donors (Lipinski definition) is 1. The van der Waals surface area contributed by atoms with Gasteiger partial charge in [-0.05, 0) is 18.9 Å². The molecule has 1 N–H and O–H groups in total. The van der Waals surface area contributed by atoms with Gasteiger partial charge in [0.15, 0.2) is 0 Å². The van der Waals surface area contributed by atoms with E-state index in [9.17, 15) is 9.59 Å². The molecular formula is C14H20N2O2. The highest BCUT2D eigenvalue weighted by Gasteiger charge is 2.14. The molecule has 4 nitrogen and oxygen atoms in total. The summed E-state index contributed by atoms with van der Waals surface area (Å²) in [5.41, 5.74) is 1.86. The second-order valence-corrected chi connectivity index (χ2v) is 4.96. The SMILES string of the molecule is C=C(C)CN(C)C(=O)c1cc(C(C)C)[nH]c(=O)c1. The maximum absolute atomic E-state index is 12.1. The van der Waals surface area contributed by atoms with E-state index in [1.54, 1.807) is 18.0 Å². The molecule has 0 bridgehead atoms. The minimum Gasteiger partial charge on any atom is -0.338 e. The van der Waals surface area contributed by atoms with Gasteiger partial charge in [0, 0.05) is 30.9 Å². The molecule has 0 aromatic carbocycles. The van der Waals surface area contributed by atoms with Crippen molar-refractivity contribution in [3.05, 3.63) is 45.9 Å². The fraction of sp³-hybridized carbons (Fsp3) is 0.429. The van der Waals surface area contributed by atoms with Crippen molar-refractivity contribution in [1.82, 2.24) is 9.88 Å². The van der Waals surface area contributed by atoms with E-state index in [4.69, 9.17) is 0 Å². The first-order valence-electron chi connectivity index (χ1n) is 5.95. The minimum absolute atomic E-state index is 0.161. The lowest BCUT2D eigenvalue weighted by atomic mass is 10.1. The van der Waals surface area contributed by atoms with Gasteiger partial charge in [-0.15, -0.1) is 0 Å². The first-order valence-corrected chi connectivity index (χ1v) is 5.95. The summed E-state index contributed by atoms with van der Waals surface area (Å²) in [4.78, 5) is 28.0. The van der Waals surface area contributed by atoms with Crippen molar-refractivity contribution < 1.29 is 4.79 Å². The third kappa shape index (κ3) is 3.58. The molecule has 1 aromatic heterocycles. The number of nitrogens with one attached hydrogen (secondary N) is 1. The lowest BCUT2D eigenvalue weighted by molar-refractivity contribution is 0.0806. The summed E-state index contributed by atoms with van der Waals surface area (Å²) < 4.78 is 0. The Morgan fingerprint density at radius 3 is 2.56 bits per heavy atom. The van der Waals surface area contributed by atoms with Crippen LogP contribution in [-0.2, 0) is 0 Å². The standard InChI is InChI=1S/C14H20N2O2/c1-9(2)8-16(5)14(18)11-6-12(10(3)4)15-13(17)7-11/h6-7,10H,1,8H2,2-5H3,(H,15,17). The maximum Gasteiger partial charge on any atom is 0.254 e. The van der Waals surface area contributed by atoms with Gasteiger partial charge in [0.1, 0.15) is 0 Å². The summed E-state index contributed by atoms with van der Waals surface area (Å²) in [6, 6.07) is 3.08. The van der Waals surface area contributed by atoms with Crippen LogP contribution in [0.5, 0.6) is 0 Å². The Morgan fingerprint density at radius 1 is 1.44 bits per heavy atom. The molecule has 0 spiro atoms. The molecule has 18 heavy (non-hydrogen) atoms. The smallest absolute Gasteiger partial charge is 0.254 e. The number of nitrogens with zero attached hydrogens (tertiary/aromatic N) is 1. The van der Waals surface area contributed by atoms with E-state index in [-0.39, 0.29) is 17.4 Å². The van der Waals surface area contributed by atoms with Crippen LogP contribution in [0.1, 0.15) is 42.7 Å². The van der Waals surface area contributed by atoms with Crippen molar-refractivity contribution in [2.75, 3.05) is 13.6 Å². The number of carbonyl (C=O) groups is 1. The van der Waals surface area contributed by atoms with Gasteiger partial charge in [-0.25, -0.2) is 0 Å². The molecule has 0 aliphatic heterocycles. The van der Waals surface area contributed by atoms with Gasteiger partial charge in [-0.1, -0.05) is 26.0 Å². The van der Waals surface area contributed by atoms with Gasteiger partial charge < -0.3 is 9.88 Å². The van der Waals surface area contributed by atoms with Gasteiger partial charge in [-0.2, -0.15) is 0 Å². The minimum atomic E-state index is -0.242. The van der Waals surface area contributed by atoms with Crippen LogP contribution in [0.3, 0.4) is 0 Å². The average Bonchev–Trinajstić information content (AvgIpc) is 2.26. The first-order chi connectivity index (χ1) is 8.31. The highest BCUT2D eigenvalue weighted by Crippen LogP contribution is 2.12. The fourth-order valence-corrected chi connectivity index (χ4v) is 1.70. The molecule has 0 radical (unpaired) electrons. The zero-order valence-electron chi connectivity index (χ0n) is 11.4.